The Bertz CT molecular complexity index is 29.9. The number of hydrogen-bond donors (Lipinski definition) is 0. The summed E-state index contributed by atoms with van der Waals surface area (Å²) in [5.41, 5.74) is 0. The molecule has 0 aromatic rings. The van der Waals surface area contributed by atoms with Crippen molar-refractivity contribution in [3.05, 3.63) is 0 Å². The minimum absolute atomic E-state index is 0. The fourth-order valence-electron chi connectivity index (χ4n) is 0. The van der Waals surface area contributed by atoms with Crippen LogP contribution < -0.4 is 6.89 Å². The van der Waals surface area contributed by atoms with Gasteiger partial charge in [-0.15, -0.1) is 0 Å². The van der Waals surface area contributed by atoms with Gasteiger partial charge in [0, 0.05) is 0 Å². The van der Waals surface area contributed by atoms with Gasteiger partial charge in [-0.25, -0.2) is 0 Å². The summed E-state index contributed by atoms with van der Waals surface area (Å²) in [4.78, 5) is 0. The predicted octanol–water partition coefficient (Wildman–Crippen LogP) is -2.88. The molecule has 0 aromatic carbocycles. The quantitative estimate of drug-likeness (QED) is 0.416. The third-order valence-electron chi connectivity index (χ3n) is 0. The van der Waals surface area contributed by atoms with Crippen LogP contribution in [0.3, 0.4) is 0 Å². The molecule has 0 rings (SSSR count). The van der Waals surface area contributed by atoms with Crippen molar-refractivity contribution < 1.29 is 26.7 Å². The van der Waals surface area contributed by atoms with Gasteiger partial charge in [-0.05, 0) is 0 Å². The first-order chi connectivity index (χ1) is 1.73. The normalized spacial score (nSPS) is 5.20. The molecule has 0 unspecified atom stereocenters. The van der Waals surface area contributed by atoms with Crippen LogP contribution in [-0.4, -0.2) is 20.6 Å². The molecule has 0 aliphatic carbocycles. The van der Waals surface area contributed by atoms with E-state index in [1.165, 1.54) is 0 Å². The summed E-state index contributed by atoms with van der Waals surface area (Å²) in [6.07, 6.45) is 0. The van der Waals surface area contributed by atoms with Gasteiger partial charge in [-0.3, -0.25) is 0 Å². The molecule has 0 amide bonds. The maximum absolute atomic E-state index is 8.61. The summed E-state index contributed by atoms with van der Waals surface area (Å²) in [6, 6.07) is 0. The SMILES string of the molecule is [Co+2].[O]=[Sn]([O-])[O-]. The van der Waals surface area contributed by atoms with E-state index in [0.29, 0.717) is 0 Å². The van der Waals surface area contributed by atoms with Crippen LogP contribution in [0.4, 0.5) is 0 Å². The van der Waals surface area contributed by atoms with Gasteiger partial charge in [0.25, 0.3) is 0 Å². The van der Waals surface area contributed by atoms with E-state index in [9.17, 15) is 0 Å². The van der Waals surface area contributed by atoms with Crippen molar-refractivity contribution in [2.45, 2.75) is 0 Å². The summed E-state index contributed by atoms with van der Waals surface area (Å²) in [5, 5.41) is 0. The van der Waals surface area contributed by atoms with Gasteiger partial charge in [0.15, 0.2) is 0 Å². The zero-order valence-electron chi connectivity index (χ0n) is 2.06. The predicted molar refractivity (Wildman–Crippen MR) is 6.44 cm³/mol. The van der Waals surface area contributed by atoms with Crippen molar-refractivity contribution in [2.75, 3.05) is 0 Å². The van der Waals surface area contributed by atoms with Gasteiger partial charge in [0.2, 0.25) is 0 Å². The average molecular weight is 226 g/mol. The van der Waals surface area contributed by atoms with Crippen LogP contribution in [-0.2, 0) is 19.9 Å². The van der Waals surface area contributed by atoms with Gasteiger partial charge >= 0.3 is 47.3 Å². The van der Waals surface area contributed by atoms with Crippen LogP contribution >= 0.6 is 0 Å². The summed E-state index contributed by atoms with van der Waals surface area (Å²) < 4.78 is 25.8. The van der Waals surface area contributed by atoms with Gasteiger partial charge < -0.3 is 0 Å². The third-order valence-corrected chi connectivity index (χ3v) is 0. The van der Waals surface area contributed by atoms with Crippen LogP contribution in [0.15, 0.2) is 0 Å². The van der Waals surface area contributed by atoms with E-state index in [1.54, 1.807) is 0 Å². The molecule has 0 aromatic heterocycles. The van der Waals surface area contributed by atoms with Gasteiger partial charge in [0.05, 0.1) is 0 Å². The minimum atomic E-state index is -4.29. The molecule has 0 heterocycles. The molecule has 0 fully saturated rings. The second kappa shape index (κ2) is 5.03. The van der Waals surface area contributed by atoms with E-state index in [-0.39, 0.29) is 16.8 Å². The third kappa shape index (κ3) is 43.8. The second-order valence-electron chi connectivity index (χ2n) is 0.250. The summed E-state index contributed by atoms with van der Waals surface area (Å²) >= 11 is -4.29. The molecule has 0 aliphatic rings. The molecule has 0 spiro atoms. The van der Waals surface area contributed by atoms with Crippen molar-refractivity contribution in [1.82, 2.24) is 0 Å². The van der Waals surface area contributed by atoms with Crippen molar-refractivity contribution in [3.8, 4) is 0 Å². The maximum atomic E-state index is 8.61. The Hall–Kier alpha value is 1.03. The van der Waals surface area contributed by atoms with Crippen molar-refractivity contribution >= 4 is 20.6 Å². The number of rotatable bonds is 0. The van der Waals surface area contributed by atoms with Crippen LogP contribution in [0.1, 0.15) is 0 Å². The molecular formula is CoO3Sn. The Morgan fingerprint density at radius 2 is 1.40 bits per heavy atom. The molecule has 31 valence electrons. The topological polar surface area (TPSA) is 63.2 Å². The number of hydrogen-bond acceptors (Lipinski definition) is 3. The Morgan fingerprint density at radius 3 is 1.40 bits per heavy atom. The van der Waals surface area contributed by atoms with Crippen molar-refractivity contribution in [1.29, 1.82) is 0 Å². The molecule has 0 atom stereocenters. The fourth-order valence-corrected chi connectivity index (χ4v) is 0. The zero-order valence-corrected chi connectivity index (χ0v) is 5.95. The van der Waals surface area contributed by atoms with E-state index < -0.39 is 20.6 Å². The first-order valence-corrected chi connectivity index (χ1v) is 4.11. The van der Waals surface area contributed by atoms with Crippen LogP contribution in [0.5, 0.6) is 0 Å². The molecule has 0 saturated heterocycles. The van der Waals surface area contributed by atoms with Gasteiger partial charge in [0.1, 0.15) is 0 Å². The van der Waals surface area contributed by atoms with Crippen LogP contribution in [0.25, 0.3) is 0 Å². The molecule has 5 heteroatoms. The zero-order chi connectivity index (χ0) is 3.58. The Morgan fingerprint density at radius 1 is 1.40 bits per heavy atom. The molecular weight excluding hydrogens is 226 g/mol. The first-order valence-electron chi connectivity index (χ1n) is 0.612. The Labute approximate surface area is 47.4 Å². The summed E-state index contributed by atoms with van der Waals surface area (Å²) in [7, 11) is 0. The monoisotopic (exact) mass is 227 g/mol. The molecule has 0 bridgehead atoms. The fraction of sp³-hybridized carbons (Fsp3) is 0. The van der Waals surface area contributed by atoms with E-state index in [2.05, 4.69) is 0 Å². The molecule has 0 aliphatic heterocycles. The first kappa shape index (κ1) is 9.39. The van der Waals surface area contributed by atoms with Crippen molar-refractivity contribution in [3.63, 3.8) is 0 Å². The van der Waals surface area contributed by atoms with E-state index >= 15 is 0 Å². The van der Waals surface area contributed by atoms with Crippen LogP contribution in [0, 0.1) is 0 Å². The summed E-state index contributed by atoms with van der Waals surface area (Å²) in [6.45, 7) is 0. The van der Waals surface area contributed by atoms with E-state index in [1.807, 2.05) is 0 Å². The summed E-state index contributed by atoms with van der Waals surface area (Å²) in [5.74, 6) is 0. The molecule has 5 heavy (non-hydrogen) atoms. The molecule has 1 radical (unpaired) electrons. The molecule has 3 nitrogen and oxygen atoms in total. The van der Waals surface area contributed by atoms with Crippen molar-refractivity contribution in [2.24, 2.45) is 0 Å². The van der Waals surface area contributed by atoms with Crippen LogP contribution in [0.2, 0.25) is 0 Å². The second-order valence-corrected chi connectivity index (χ2v) is 1.68. The van der Waals surface area contributed by atoms with Gasteiger partial charge in [-0.1, -0.05) is 0 Å². The van der Waals surface area contributed by atoms with E-state index in [0.717, 1.165) is 0 Å². The Balaban J connectivity index is 0. The average Bonchev–Trinajstić information content (AvgIpc) is 0.811. The molecule has 0 saturated carbocycles. The van der Waals surface area contributed by atoms with Gasteiger partial charge in [-0.2, -0.15) is 0 Å². The van der Waals surface area contributed by atoms with E-state index in [4.69, 9.17) is 9.96 Å². The Kier molecular flexibility index (Phi) is 9.44. The molecule has 0 N–H and O–H groups in total. The standard InChI is InChI=1S/Co.3O.Sn/q+2;;2*-1;.